The highest BCUT2D eigenvalue weighted by Gasteiger charge is 2.26. The Bertz CT molecular complexity index is 1020. The van der Waals surface area contributed by atoms with Gasteiger partial charge in [-0.05, 0) is 72.4 Å². The van der Waals surface area contributed by atoms with Crippen LogP contribution in [0.3, 0.4) is 0 Å². The quantitative estimate of drug-likeness (QED) is 0.408. The van der Waals surface area contributed by atoms with Gasteiger partial charge in [0.1, 0.15) is 11.4 Å². The molecule has 9 heteroatoms. The third-order valence-electron chi connectivity index (χ3n) is 6.26. The Labute approximate surface area is 202 Å². The van der Waals surface area contributed by atoms with Crippen LogP contribution in [-0.4, -0.2) is 61.6 Å². The topological polar surface area (TPSA) is 79.2 Å². The normalized spacial score (nSPS) is 16.6. The number of hydrogen-bond acceptors (Lipinski definition) is 6. The Balaban J connectivity index is 1.44. The molecule has 0 aliphatic carbocycles. The molecule has 0 radical (unpaired) electrons. The number of piperazine rings is 1. The average Bonchev–Trinajstić information content (AvgIpc) is 2.85. The summed E-state index contributed by atoms with van der Waals surface area (Å²) in [5.41, 5.74) is 2.46. The number of nitro groups is 1. The second-order valence-corrected chi connectivity index (χ2v) is 9.19. The monoisotopic (exact) mass is 516 g/mol. The van der Waals surface area contributed by atoms with Crippen LogP contribution in [0.2, 0.25) is 0 Å². The van der Waals surface area contributed by atoms with Gasteiger partial charge in [-0.3, -0.25) is 14.9 Å². The van der Waals surface area contributed by atoms with Crippen LogP contribution in [0.25, 0.3) is 0 Å². The molecule has 4 rings (SSSR count). The fraction of sp³-hybridized carbons (Fsp3) is 0.458. The van der Waals surface area contributed by atoms with Crippen molar-refractivity contribution in [1.29, 1.82) is 0 Å². The molecule has 2 fully saturated rings. The Morgan fingerprint density at radius 3 is 2.36 bits per heavy atom. The van der Waals surface area contributed by atoms with Crippen molar-refractivity contribution in [2.45, 2.75) is 26.2 Å². The molecule has 2 aromatic carbocycles. The van der Waals surface area contributed by atoms with E-state index in [1.54, 1.807) is 18.2 Å². The number of carbonyl (C=O) groups is 1. The van der Waals surface area contributed by atoms with Crippen molar-refractivity contribution in [3.8, 4) is 5.75 Å². The van der Waals surface area contributed by atoms with Crippen LogP contribution in [-0.2, 0) is 0 Å². The van der Waals surface area contributed by atoms with Gasteiger partial charge in [0.25, 0.3) is 11.6 Å². The minimum absolute atomic E-state index is 0.00361. The van der Waals surface area contributed by atoms with E-state index in [0.29, 0.717) is 44.0 Å². The summed E-state index contributed by atoms with van der Waals surface area (Å²) >= 11 is 3.48. The van der Waals surface area contributed by atoms with E-state index in [4.69, 9.17) is 4.74 Å². The van der Waals surface area contributed by atoms with E-state index in [9.17, 15) is 14.9 Å². The fourth-order valence-electron chi connectivity index (χ4n) is 4.51. The van der Waals surface area contributed by atoms with Gasteiger partial charge in [0.15, 0.2) is 0 Å². The number of nitrogens with zero attached hydrogens (tertiary/aromatic N) is 4. The van der Waals surface area contributed by atoms with Crippen molar-refractivity contribution >= 4 is 38.9 Å². The standard InChI is InChI=1S/C24H29BrN4O4/c1-2-33-23-9-6-18(16-20(23)25)24(30)28-14-12-26(13-15-28)19-7-8-21(29(31)32)22(17-19)27-10-4-3-5-11-27/h6-9,16-17H,2-5,10-15H2,1H3. The number of piperidine rings is 1. The lowest BCUT2D eigenvalue weighted by molar-refractivity contribution is -0.384. The molecule has 0 N–H and O–H groups in total. The van der Waals surface area contributed by atoms with E-state index in [-0.39, 0.29) is 16.5 Å². The Morgan fingerprint density at radius 2 is 1.73 bits per heavy atom. The Kier molecular flexibility index (Phi) is 7.37. The minimum atomic E-state index is -0.292. The molecule has 2 aliphatic heterocycles. The van der Waals surface area contributed by atoms with Crippen LogP contribution in [0.15, 0.2) is 40.9 Å². The lowest BCUT2D eigenvalue weighted by atomic mass is 10.1. The third kappa shape index (κ3) is 5.24. The van der Waals surface area contributed by atoms with Crippen LogP contribution in [0, 0.1) is 10.1 Å². The molecule has 0 bridgehead atoms. The molecule has 2 aromatic rings. The van der Waals surface area contributed by atoms with Crippen LogP contribution in [0.1, 0.15) is 36.5 Å². The first-order valence-corrected chi connectivity index (χ1v) is 12.3. The zero-order chi connectivity index (χ0) is 23.4. The lowest BCUT2D eigenvalue weighted by Crippen LogP contribution is -2.48. The van der Waals surface area contributed by atoms with Gasteiger partial charge in [0.05, 0.1) is 16.0 Å². The summed E-state index contributed by atoms with van der Waals surface area (Å²) in [6, 6.07) is 10.8. The smallest absolute Gasteiger partial charge is 0.292 e. The molecule has 1 amide bonds. The molecule has 0 aromatic heterocycles. The zero-order valence-corrected chi connectivity index (χ0v) is 20.4. The summed E-state index contributed by atoms with van der Waals surface area (Å²) in [7, 11) is 0. The minimum Gasteiger partial charge on any atom is -0.493 e. The Morgan fingerprint density at radius 1 is 1.00 bits per heavy atom. The molecule has 0 atom stereocenters. The summed E-state index contributed by atoms with van der Waals surface area (Å²) in [5.74, 6) is 0.720. The number of rotatable bonds is 6. The van der Waals surface area contributed by atoms with Crippen LogP contribution in [0.4, 0.5) is 17.1 Å². The van der Waals surface area contributed by atoms with Gasteiger partial charge in [-0.2, -0.15) is 0 Å². The average molecular weight is 517 g/mol. The van der Waals surface area contributed by atoms with Crippen LogP contribution in [0.5, 0.6) is 5.75 Å². The van der Waals surface area contributed by atoms with Crippen molar-refractivity contribution < 1.29 is 14.5 Å². The maximum absolute atomic E-state index is 13.0. The van der Waals surface area contributed by atoms with Crippen molar-refractivity contribution in [1.82, 2.24) is 4.90 Å². The van der Waals surface area contributed by atoms with E-state index in [1.807, 2.05) is 30.0 Å². The zero-order valence-electron chi connectivity index (χ0n) is 18.8. The molecule has 2 aliphatic rings. The summed E-state index contributed by atoms with van der Waals surface area (Å²) in [6.07, 6.45) is 3.29. The summed E-state index contributed by atoms with van der Waals surface area (Å²) < 4.78 is 6.30. The maximum atomic E-state index is 13.0. The van der Waals surface area contributed by atoms with E-state index in [0.717, 1.165) is 41.8 Å². The van der Waals surface area contributed by atoms with Crippen LogP contribution < -0.4 is 14.5 Å². The number of halogens is 1. The first-order valence-electron chi connectivity index (χ1n) is 11.5. The van der Waals surface area contributed by atoms with Gasteiger partial charge in [0.2, 0.25) is 0 Å². The van der Waals surface area contributed by atoms with Gasteiger partial charge in [0, 0.05) is 56.6 Å². The van der Waals surface area contributed by atoms with Gasteiger partial charge in [-0.15, -0.1) is 0 Å². The number of anilines is 2. The lowest BCUT2D eigenvalue weighted by Gasteiger charge is -2.37. The SMILES string of the molecule is CCOc1ccc(C(=O)N2CCN(c3ccc([N+](=O)[O-])c(N4CCCCC4)c3)CC2)cc1Br. The summed E-state index contributed by atoms with van der Waals surface area (Å²) in [6.45, 7) is 6.75. The van der Waals surface area contributed by atoms with Crippen molar-refractivity contribution in [3.05, 3.63) is 56.5 Å². The van der Waals surface area contributed by atoms with Crippen molar-refractivity contribution in [2.24, 2.45) is 0 Å². The third-order valence-corrected chi connectivity index (χ3v) is 6.88. The predicted octanol–water partition coefficient (Wildman–Crippen LogP) is 4.71. The molecular formula is C24H29BrN4O4. The largest absolute Gasteiger partial charge is 0.493 e. The highest BCUT2D eigenvalue weighted by atomic mass is 79.9. The number of benzene rings is 2. The number of hydrogen-bond donors (Lipinski definition) is 0. The van der Waals surface area contributed by atoms with Crippen molar-refractivity contribution in [2.75, 3.05) is 55.7 Å². The van der Waals surface area contributed by atoms with Gasteiger partial charge in [-0.1, -0.05) is 0 Å². The molecule has 2 saturated heterocycles. The number of nitro benzene ring substituents is 1. The summed E-state index contributed by atoms with van der Waals surface area (Å²) in [5, 5.41) is 11.6. The van der Waals surface area contributed by atoms with Gasteiger partial charge in [-0.25, -0.2) is 0 Å². The molecule has 8 nitrogen and oxygen atoms in total. The maximum Gasteiger partial charge on any atom is 0.292 e. The van der Waals surface area contributed by atoms with Crippen molar-refractivity contribution in [3.63, 3.8) is 0 Å². The second kappa shape index (κ2) is 10.4. The van der Waals surface area contributed by atoms with Gasteiger partial charge < -0.3 is 19.4 Å². The molecule has 0 spiro atoms. The van der Waals surface area contributed by atoms with E-state index in [1.165, 1.54) is 6.42 Å². The predicted molar refractivity (Wildman–Crippen MR) is 133 cm³/mol. The second-order valence-electron chi connectivity index (χ2n) is 8.34. The van der Waals surface area contributed by atoms with E-state index in [2.05, 4.69) is 25.7 Å². The molecule has 176 valence electrons. The molecule has 0 saturated carbocycles. The van der Waals surface area contributed by atoms with Gasteiger partial charge >= 0.3 is 0 Å². The molecule has 2 heterocycles. The van der Waals surface area contributed by atoms with E-state index >= 15 is 0 Å². The number of ether oxygens (including phenoxy) is 1. The Hall–Kier alpha value is -2.81. The molecular weight excluding hydrogens is 488 g/mol. The van der Waals surface area contributed by atoms with E-state index < -0.39 is 0 Å². The highest BCUT2D eigenvalue weighted by Crippen LogP contribution is 2.34. The first-order chi connectivity index (χ1) is 16.0. The number of carbonyl (C=O) groups excluding carboxylic acids is 1. The number of amides is 1. The summed E-state index contributed by atoms with van der Waals surface area (Å²) in [4.78, 5) is 30.5. The highest BCUT2D eigenvalue weighted by molar-refractivity contribution is 9.10. The van der Waals surface area contributed by atoms with Crippen LogP contribution >= 0.6 is 15.9 Å². The fourth-order valence-corrected chi connectivity index (χ4v) is 5.00. The first kappa shape index (κ1) is 23.4. The molecule has 33 heavy (non-hydrogen) atoms. The molecule has 0 unspecified atom stereocenters.